The van der Waals surface area contributed by atoms with Crippen molar-refractivity contribution >= 4 is 0 Å². The molecule has 0 bridgehead atoms. The SMILES string of the molecule is CC(C)(C)C(C)(C)CCC(C)(C1OO1)C(C)(C)C. The lowest BCUT2D eigenvalue weighted by Gasteiger charge is -2.45. The largest absolute Gasteiger partial charge is 0.230 e. The summed E-state index contributed by atoms with van der Waals surface area (Å²) in [6.45, 7) is 20.8. The predicted octanol–water partition coefficient (Wildman–Crippen LogP) is 5.18. The van der Waals surface area contributed by atoms with Gasteiger partial charge in [0.1, 0.15) is 0 Å². The van der Waals surface area contributed by atoms with Crippen LogP contribution < -0.4 is 0 Å². The minimum absolute atomic E-state index is 0.0201. The fourth-order valence-corrected chi connectivity index (χ4v) is 2.03. The maximum absolute atomic E-state index is 5.15. The first-order valence-corrected chi connectivity index (χ1v) is 7.13. The van der Waals surface area contributed by atoms with Crippen LogP contribution in [0.15, 0.2) is 0 Å². The summed E-state index contributed by atoms with van der Waals surface area (Å²) >= 11 is 0. The van der Waals surface area contributed by atoms with Crippen LogP contribution in [0.3, 0.4) is 0 Å². The smallest absolute Gasteiger partial charge is 0.198 e. The third kappa shape index (κ3) is 3.08. The average molecular weight is 256 g/mol. The molecular formula is C16H32O2. The fourth-order valence-electron chi connectivity index (χ4n) is 2.03. The Kier molecular flexibility index (Phi) is 3.98. The molecule has 1 aliphatic heterocycles. The lowest BCUT2D eigenvalue weighted by atomic mass is 9.60. The second kappa shape index (κ2) is 4.49. The molecule has 18 heavy (non-hydrogen) atoms. The van der Waals surface area contributed by atoms with Crippen molar-refractivity contribution in [3.8, 4) is 0 Å². The van der Waals surface area contributed by atoms with Crippen molar-refractivity contribution in [1.82, 2.24) is 0 Å². The van der Waals surface area contributed by atoms with Crippen LogP contribution in [-0.2, 0) is 9.78 Å². The first-order chi connectivity index (χ1) is 7.81. The topological polar surface area (TPSA) is 25.1 Å². The van der Waals surface area contributed by atoms with E-state index in [2.05, 4.69) is 62.3 Å². The zero-order valence-corrected chi connectivity index (χ0v) is 13.8. The molecule has 1 rings (SSSR count). The van der Waals surface area contributed by atoms with Crippen LogP contribution >= 0.6 is 0 Å². The predicted molar refractivity (Wildman–Crippen MR) is 76.0 cm³/mol. The van der Waals surface area contributed by atoms with Crippen molar-refractivity contribution in [3.63, 3.8) is 0 Å². The number of hydrogen-bond acceptors (Lipinski definition) is 2. The Balaban J connectivity index is 2.76. The van der Waals surface area contributed by atoms with Crippen LogP contribution in [0, 0.1) is 21.7 Å². The second-order valence-corrected chi connectivity index (χ2v) is 8.83. The van der Waals surface area contributed by atoms with E-state index in [4.69, 9.17) is 9.78 Å². The van der Waals surface area contributed by atoms with Crippen LogP contribution in [0.4, 0.5) is 0 Å². The standard InChI is InChI=1S/C16H32O2/c1-13(2,3)15(7,8)10-11-16(9,12-17-18-12)14(4,5)6/h12H,10-11H2,1-9H3. The minimum atomic E-state index is -0.0201. The van der Waals surface area contributed by atoms with Gasteiger partial charge in [0.2, 0.25) is 6.29 Å². The van der Waals surface area contributed by atoms with E-state index in [1.807, 2.05) is 0 Å². The average Bonchev–Trinajstić information content (AvgIpc) is 2.93. The zero-order chi connectivity index (χ0) is 14.4. The highest BCUT2D eigenvalue weighted by atomic mass is 17.4. The molecule has 0 saturated carbocycles. The van der Waals surface area contributed by atoms with Gasteiger partial charge in [-0.3, -0.25) is 0 Å². The van der Waals surface area contributed by atoms with Crippen molar-refractivity contribution in [1.29, 1.82) is 0 Å². The molecule has 0 spiro atoms. The Morgan fingerprint density at radius 2 is 1.11 bits per heavy atom. The van der Waals surface area contributed by atoms with Gasteiger partial charge in [-0.15, -0.1) is 0 Å². The van der Waals surface area contributed by atoms with Crippen molar-refractivity contribution in [2.24, 2.45) is 21.7 Å². The Morgan fingerprint density at radius 1 is 0.667 bits per heavy atom. The Bertz CT molecular complexity index is 289. The maximum atomic E-state index is 5.15. The molecule has 1 unspecified atom stereocenters. The lowest BCUT2D eigenvalue weighted by molar-refractivity contribution is 0.0213. The molecule has 0 amide bonds. The van der Waals surface area contributed by atoms with E-state index in [1.165, 1.54) is 6.42 Å². The summed E-state index contributed by atoms with van der Waals surface area (Å²) < 4.78 is 0. The van der Waals surface area contributed by atoms with E-state index in [0.717, 1.165) is 6.42 Å². The van der Waals surface area contributed by atoms with Gasteiger partial charge in [-0.2, -0.15) is 9.78 Å². The van der Waals surface area contributed by atoms with Crippen LogP contribution in [0.2, 0.25) is 0 Å². The molecule has 1 heterocycles. The summed E-state index contributed by atoms with van der Waals surface area (Å²) in [4.78, 5) is 10.3. The molecule has 0 radical (unpaired) electrons. The molecule has 0 aromatic carbocycles. The molecule has 1 fully saturated rings. The van der Waals surface area contributed by atoms with E-state index in [9.17, 15) is 0 Å². The fraction of sp³-hybridized carbons (Fsp3) is 1.00. The van der Waals surface area contributed by atoms with Gasteiger partial charge in [0, 0.05) is 5.41 Å². The highest BCUT2D eigenvalue weighted by molar-refractivity contribution is 4.94. The van der Waals surface area contributed by atoms with Gasteiger partial charge in [-0.05, 0) is 29.1 Å². The molecule has 2 nitrogen and oxygen atoms in total. The minimum Gasteiger partial charge on any atom is -0.198 e. The van der Waals surface area contributed by atoms with E-state index < -0.39 is 0 Å². The molecule has 0 N–H and O–H groups in total. The van der Waals surface area contributed by atoms with Gasteiger partial charge in [-0.1, -0.05) is 62.3 Å². The summed E-state index contributed by atoms with van der Waals surface area (Å²) in [5, 5.41) is 0. The van der Waals surface area contributed by atoms with Crippen molar-refractivity contribution in [3.05, 3.63) is 0 Å². The molecular weight excluding hydrogens is 224 g/mol. The van der Waals surface area contributed by atoms with E-state index in [-0.39, 0.29) is 17.1 Å². The van der Waals surface area contributed by atoms with Crippen LogP contribution in [0.25, 0.3) is 0 Å². The van der Waals surface area contributed by atoms with E-state index in [0.29, 0.717) is 10.8 Å². The monoisotopic (exact) mass is 256 g/mol. The van der Waals surface area contributed by atoms with Crippen molar-refractivity contribution in [2.45, 2.75) is 81.4 Å². The second-order valence-electron chi connectivity index (χ2n) is 8.83. The first kappa shape index (κ1) is 16.0. The Labute approximate surface area is 113 Å². The van der Waals surface area contributed by atoms with Crippen LogP contribution in [0.1, 0.15) is 75.2 Å². The third-order valence-electron chi connectivity index (χ3n) is 5.73. The van der Waals surface area contributed by atoms with E-state index in [1.54, 1.807) is 0 Å². The number of hydrogen-bond donors (Lipinski definition) is 0. The highest BCUT2D eigenvalue weighted by Crippen LogP contribution is 2.53. The van der Waals surface area contributed by atoms with Gasteiger partial charge in [-0.25, -0.2) is 0 Å². The highest BCUT2D eigenvalue weighted by Gasteiger charge is 2.53. The van der Waals surface area contributed by atoms with Gasteiger partial charge < -0.3 is 0 Å². The Hall–Kier alpha value is -0.0800. The number of rotatable bonds is 4. The lowest BCUT2D eigenvalue weighted by Crippen LogP contribution is -2.40. The summed E-state index contributed by atoms with van der Waals surface area (Å²) in [5.41, 5.74) is 0.892. The maximum Gasteiger partial charge on any atom is 0.230 e. The summed E-state index contributed by atoms with van der Waals surface area (Å²) in [6.07, 6.45) is 2.30. The molecule has 1 saturated heterocycles. The molecule has 108 valence electrons. The molecule has 0 aliphatic carbocycles. The van der Waals surface area contributed by atoms with Crippen LogP contribution in [0.5, 0.6) is 0 Å². The summed E-state index contributed by atoms with van der Waals surface area (Å²) in [5.74, 6) is 0. The van der Waals surface area contributed by atoms with Gasteiger partial charge in [0.15, 0.2) is 0 Å². The first-order valence-electron chi connectivity index (χ1n) is 7.13. The zero-order valence-electron chi connectivity index (χ0n) is 13.8. The summed E-state index contributed by atoms with van der Waals surface area (Å²) in [6, 6.07) is 0. The van der Waals surface area contributed by atoms with Gasteiger partial charge in [0.05, 0.1) is 0 Å². The normalized spacial score (nSPS) is 21.8. The molecule has 1 aliphatic rings. The van der Waals surface area contributed by atoms with Gasteiger partial charge in [0.25, 0.3) is 0 Å². The molecule has 0 aromatic heterocycles. The van der Waals surface area contributed by atoms with Crippen molar-refractivity contribution in [2.75, 3.05) is 0 Å². The van der Waals surface area contributed by atoms with Crippen molar-refractivity contribution < 1.29 is 9.78 Å². The van der Waals surface area contributed by atoms with E-state index >= 15 is 0 Å². The molecule has 1 atom stereocenters. The van der Waals surface area contributed by atoms with Crippen LogP contribution in [-0.4, -0.2) is 6.29 Å². The van der Waals surface area contributed by atoms with Gasteiger partial charge >= 0.3 is 0 Å². The molecule has 0 aromatic rings. The third-order valence-corrected chi connectivity index (χ3v) is 5.73. The Morgan fingerprint density at radius 3 is 1.39 bits per heavy atom. The quantitative estimate of drug-likeness (QED) is 0.511. The summed E-state index contributed by atoms with van der Waals surface area (Å²) in [7, 11) is 0. The molecule has 2 heteroatoms.